The van der Waals surface area contributed by atoms with Gasteiger partial charge in [0, 0.05) is 24.2 Å². The van der Waals surface area contributed by atoms with Gasteiger partial charge in [0.05, 0.1) is 6.42 Å². The van der Waals surface area contributed by atoms with Crippen molar-refractivity contribution in [1.82, 2.24) is 5.32 Å². The standard InChI is InChI=1S/C18H19N3O3/c19-18(24)14-6-8-15(9-7-14)21-16(22)10-11-20-17(23)12-13-4-2-1-3-5-13/h1-9H,10-12H2,(H2,19,24)(H,20,23)(H,21,22). The zero-order valence-electron chi connectivity index (χ0n) is 13.1. The highest BCUT2D eigenvalue weighted by Gasteiger charge is 2.06. The van der Waals surface area contributed by atoms with Gasteiger partial charge in [-0.15, -0.1) is 0 Å². The van der Waals surface area contributed by atoms with E-state index in [1.165, 1.54) is 0 Å². The van der Waals surface area contributed by atoms with Gasteiger partial charge in [0.15, 0.2) is 0 Å². The first kappa shape index (κ1) is 17.2. The quantitative estimate of drug-likeness (QED) is 0.718. The van der Waals surface area contributed by atoms with Crippen molar-refractivity contribution in [2.75, 3.05) is 11.9 Å². The second-order valence-corrected chi connectivity index (χ2v) is 5.25. The van der Waals surface area contributed by atoms with E-state index >= 15 is 0 Å². The van der Waals surface area contributed by atoms with Crippen LogP contribution in [0, 0.1) is 0 Å². The summed E-state index contributed by atoms with van der Waals surface area (Å²) in [4.78, 5) is 34.5. The molecule has 0 radical (unpaired) electrons. The molecule has 0 aliphatic carbocycles. The monoisotopic (exact) mass is 325 g/mol. The number of benzene rings is 2. The van der Waals surface area contributed by atoms with Gasteiger partial charge in [-0.05, 0) is 29.8 Å². The van der Waals surface area contributed by atoms with E-state index in [0.29, 0.717) is 11.3 Å². The molecule has 2 aromatic carbocycles. The van der Waals surface area contributed by atoms with Crippen LogP contribution in [0.1, 0.15) is 22.3 Å². The molecule has 3 amide bonds. The smallest absolute Gasteiger partial charge is 0.248 e. The fraction of sp³-hybridized carbons (Fsp3) is 0.167. The lowest BCUT2D eigenvalue weighted by molar-refractivity contribution is -0.120. The summed E-state index contributed by atoms with van der Waals surface area (Å²) in [5.41, 5.74) is 7.02. The van der Waals surface area contributed by atoms with Gasteiger partial charge in [-0.25, -0.2) is 0 Å². The molecule has 0 heterocycles. The Morgan fingerprint density at radius 2 is 1.54 bits per heavy atom. The molecule has 0 saturated heterocycles. The number of nitrogens with two attached hydrogens (primary N) is 1. The van der Waals surface area contributed by atoms with Gasteiger partial charge in [0.1, 0.15) is 0 Å². The van der Waals surface area contributed by atoms with Gasteiger partial charge in [0.2, 0.25) is 17.7 Å². The third-order valence-corrected chi connectivity index (χ3v) is 3.33. The number of primary amides is 1. The minimum atomic E-state index is -0.519. The molecule has 0 aromatic heterocycles. The highest BCUT2D eigenvalue weighted by molar-refractivity contribution is 5.94. The van der Waals surface area contributed by atoms with Crippen molar-refractivity contribution < 1.29 is 14.4 Å². The van der Waals surface area contributed by atoms with Crippen LogP contribution < -0.4 is 16.4 Å². The van der Waals surface area contributed by atoms with Gasteiger partial charge in [0.25, 0.3) is 0 Å². The van der Waals surface area contributed by atoms with Gasteiger partial charge >= 0.3 is 0 Å². The Kier molecular flexibility index (Phi) is 6.08. The first-order valence-electron chi connectivity index (χ1n) is 7.55. The highest BCUT2D eigenvalue weighted by Crippen LogP contribution is 2.09. The van der Waals surface area contributed by atoms with Gasteiger partial charge in [-0.2, -0.15) is 0 Å². The van der Waals surface area contributed by atoms with E-state index in [4.69, 9.17) is 5.73 Å². The Morgan fingerprint density at radius 1 is 0.875 bits per heavy atom. The number of carbonyl (C=O) groups is 3. The minimum Gasteiger partial charge on any atom is -0.366 e. The first-order chi connectivity index (χ1) is 11.5. The molecule has 0 bridgehead atoms. The van der Waals surface area contributed by atoms with Crippen molar-refractivity contribution in [2.24, 2.45) is 5.73 Å². The fourth-order valence-corrected chi connectivity index (χ4v) is 2.10. The van der Waals surface area contributed by atoms with Crippen molar-refractivity contribution in [1.29, 1.82) is 0 Å². The summed E-state index contributed by atoms with van der Waals surface area (Å²) < 4.78 is 0. The van der Waals surface area contributed by atoms with Crippen LogP contribution in [0.5, 0.6) is 0 Å². The van der Waals surface area contributed by atoms with Crippen LogP contribution >= 0.6 is 0 Å². The zero-order chi connectivity index (χ0) is 17.4. The lowest BCUT2D eigenvalue weighted by atomic mass is 10.1. The average Bonchev–Trinajstić information content (AvgIpc) is 2.56. The Bertz CT molecular complexity index is 712. The summed E-state index contributed by atoms with van der Waals surface area (Å²) in [7, 11) is 0. The molecule has 0 fully saturated rings. The van der Waals surface area contributed by atoms with E-state index in [-0.39, 0.29) is 31.2 Å². The third kappa shape index (κ3) is 5.57. The van der Waals surface area contributed by atoms with Crippen molar-refractivity contribution in [3.63, 3.8) is 0 Å². The molecule has 0 aliphatic rings. The lowest BCUT2D eigenvalue weighted by Gasteiger charge is -2.07. The molecule has 24 heavy (non-hydrogen) atoms. The number of anilines is 1. The topological polar surface area (TPSA) is 101 Å². The maximum Gasteiger partial charge on any atom is 0.248 e. The molecule has 124 valence electrons. The van der Waals surface area contributed by atoms with Crippen molar-refractivity contribution in [3.8, 4) is 0 Å². The predicted octanol–water partition coefficient (Wildman–Crippen LogP) is 1.47. The van der Waals surface area contributed by atoms with Crippen LogP contribution in [0.2, 0.25) is 0 Å². The molecule has 2 aromatic rings. The Balaban J connectivity index is 1.71. The first-order valence-corrected chi connectivity index (χ1v) is 7.55. The third-order valence-electron chi connectivity index (χ3n) is 3.33. The number of hydrogen-bond donors (Lipinski definition) is 3. The normalized spacial score (nSPS) is 10.0. The largest absolute Gasteiger partial charge is 0.366 e. The van der Waals surface area contributed by atoms with Crippen molar-refractivity contribution >= 4 is 23.4 Å². The highest BCUT2D eigenvalue weighted by atomic mass is 16.2. The summed E-state index contributed by atoms with van der Waals surface area (Å²) in [5.74, 6) is -0.865. The number of carbonyl (C=O) groups excluding carboxylic acids is 3. The zero-order valence-corrected chi connectivity index (χ0v) is 13.1. The molecule has 4 N–H and O–H groups in total. The van der Waals surface area contributed by atoms with Crippen LogP contribution in [0.15, 0.2) is 54.6 Å². The molecule has 6 heteroatoms. The van der Waals surface area contributed by atoms with E-state index in [9.17, 15) is 14.4 Å². The average molecular weight is 325 g/mol. The molecule has 2 rings (SSSR count). The summed E-state index contributed by atoms with van der Waals surface area (Å²) in [6.45, 7) is 0.261. The van der Waals surface area contributed by atoms with Crippen LogP contribution in [0.3, 0.4) is 0 Å². The Hall–Kier alpha value is -3.15. The van der Waals surface area contributed by atoms with E-state index in [0.717, 1.165) is 5.56 Å². The molecule has 6 nitrogen and oxygen atoms in total. The van der Waals surface area contributed by atoms with Gasteiger partial charge in [-0.1, -0.05) is 30.3 Å². The summed E-state index contributed by atoms with van der Waals surface area (Å²) in [6.07, 6.45) is 0.454. The van der Waals surface area contributed by atoms with E-state index < -0.39 is 5.91 Å². The fourth-order valence-electron chi connectivity index (χ4n) is 2.10. The summed E-state index contributed by atoms with van der Waals surface area (Å²) in [5, 5.41) is 5.40. The number of hydrogen-bond acceptors (Lipinski definition) is 3. The lowest BCUT2D eigenvalue weighted by Crippen LogP contribution is -2.28. The Labute approximate surface area is 140 Å². The van der Waals surface area contributed by atoms with E-state index in [1.54, 1.807) is 24.3 Å². The van der Waals surface area contributed by atoms with E-state index in [2.05, 4.69) is 10.6 Å². The maximum absolute atomic E-state index is 11.8. The SMILES string of the molecule is NC(=O)c1ccc(NC(=O)CCNC(=O)Cc2ccccc2)cc1. The van der Waals surface area contributed by atoms with Gasteiger partial charge < -0.3 is 16.4 Å². The molecule has 0 spiro atoms. The predicted molar refractivity (Wildman–Crippen MR) is 91.4 cm³/mol. The maximum atomic E-state index is 11.8. The summed E-state index contributed by atoms with van der Waals surface area (Å²) >= 11 is 0. The number of rotatable bonds is 7. The second-order valence-electron chi connectivity index (χ2n) is 5.25. The minimum absolute atomic E-state index is 0.125. The second kappa shape index (κ2) is 8.47. The molecule has 0 atom stereocenters. The van der Waals surface area contributed by atoms with Gasteiger partial charge in [-0.3, -0.25) is 14.4 Å². The van der Waals surface area contributed by atoms with Crippen molar-refractivity contribution in [3.05, 3.63) is 65.7 Å². The molecule has 0 unspecified atom stereocenters. The summed E-state index contributed by atoms with van der Waals surface area (Å²) in [6, 6.07) is 15.7. The molecular weight excluding hydrogens is 306 g/mol. The van der Waals surface area contributed by atoms with Crippen LogP contribution in [0.25, 0.3) is 0 Å². The number of nitrogens with one attached hydrogen (secondary N) is 2. The van der Waals surface area contributed by atoms with Crippen molar-refractivity contribution in [2.45, 2.75) is 12.8 Å². The van der Waals surface area contributed by atoms with Crippen LogP contribution in [-0.2, 0) is 16.0 Å². The van der Waals surface area contributed by atoms with E-state index in [1.807, 2.05) is 30.3 Å². The number of amides is 3. The Morgan fingerprint density at radius 3 is 2.17 bits per heavy atom. The van der Waals surface area contributed by atoms with Crippen LogP contribution in [0.4, 0.5) is 5.69 Å². The molecule has 0 saturated carbocycles. The van der Waals surface area contributed by atoms with Crippen LogP contribution in [-0.4, -0.2) is 24.3 Å². The molecular formula is C18H19N3O3. The molecule has 0 aliphatic heterocycles.